The Bertz CT molecular complexity index is 260. The molecule has 0 aliphatic heterocycles. The number of carbonyl (C=O) groups excluding carboxylic acids is 1. The highest BCUT2D eigenvalue weighted by Gasteiger charge is 2.42. The van der Waals surface area contributed by atoms with E-state index in [1.165, 1.54) is 38.5 Å². The first-order valence-corrected chi connectivity index (χ1v) is 7.76. The standard InChI is InChI=1S/C15H28N2O/c1-3-4-5-10-16-15(18)11(2)17-14(12-6-7-12)13-8-9-13/h11-14,17H,3-10H2,1-2H3,(H,16,18). The second-order valence-corrected chi connectivity index (χ2v) is 6.09. The molecule has 2 fully saturated rings. The van der Waals surface area contributed by atoms with Gasteiger partial charge >= 0.3 is 0 Å². The number of amides is 1. The van der Waals surface area contributed by atoms with Crippen LogP contribution in [-0.2, 0) is 4.79 Å². The number of hydrogen-bond donors (Lipinski definition) is 2. The number of unbranched alkanes of at least 4 members (excludes halogenated alkanes) is 2. The van der Waals surface area contributed by atoms with E-state index in [1.807, 2.05) is 6.92 Å². The van der Waals surface area contributed by atoms with Gasteiger partial charge in [-0.2, -0.15) is 0 Å². The maximum Gasteiger partial charge on any atom is 0.236 e. The topological polar surface area (TPSA) is 41.1 Å². The lowest BCUT2D eigenvalue weighted by atomic mass is 10.1. The van der Waals surface area contributed by atoms with Gasteiger partial charge in [-0.1, -0.05) is 19.8 Å². The number of rotatable bonds is 9. The van der Waals surface area contributed by atoms with Crippen LogP contribution in [0.2, 0.25) is 0 Å². The van der Waals surface area contributed by atoms with Crippen molar-refractivity contribution in [3.05, 3.63) is 0 Å². The quantitative estimate of drug-likeness (QED) is 0.619. The molecule has 104 valence electrons. The fourth-order valence-corrected chi connectivity index (χ4v) is 2.67. The molecule has 0 heterocycles. The molecule has 2 aliphatic rings. The van der Waals surface area contributed by atoms with Crippen LogP contribution in [0.4, 0.5) is 0 Å². The predicted molar refractivity (Wildman–Crippen MR) is 74.4 cm³/mol. The lowest BCUT2D eigenvalue weighted by Crippen LogP contribution is -2.48. The molecule has 2 aliphatic carbocycles. The minimum absolute atomic E-state index is 0.0298. The molecule has 0 aromatic rings. The van der Waals surface area contributed by atoms with Crippen LogP contribution in [0.25, 0.3) is 0 Å². The molecule has 2 rings (SSSR count). The first kappa shape index (κ1) is 13.9. The van der Waals surface area contributed by atoms with Crippen LogP contribution in [0.5, 0.6) is 0 Å². The Morgan fingerprint density at radius 1 is 1.17 bits per heavy atom. The summed E-state index contributed by atoms with van der Waals surface area (Å²) in [5.74, 6) is 1.89. The highest BCUT2D eigenvalue weighted by molar-refractivity contribution is 5.81. The van der Waals surface area contributed by atoms with Gasteiger partial charge in [0, 0.05) is 12.6 Å². The fourth-order valence-electron chi connectivity index (χ4n) is 2.67. The van der Waals surface area contributed by atoms with Crippen molar-refractivity contribution in [1.29, 1.82) is 0 Å². The molecule has 0 aromatic carbocycles. The second-order valence-electron chi connectivity index (χ2n) is 6.09. The molecule has 0 spiro atoms. The highest BCUT2D eigenvalue weighted by Crippen LogP contribution is 2.44. The van der Waals surface area contributed by atoms with E-state index >= 15 is 0 Å². The summed E-state index contributed by atoms with van der Waals surface area (Å²) in [5, 5.41) is 6.61. The van der Waals surface area contributed by atoms with E-state index in [9.17, 15) is 4.79 Å². The van der Waals surface area contributed by atoms with Crippen LogP contribution in [0, 0.1) is 11.8 Å². The van der Waals surface area contributed by atoms with Crippen molar-refractivity contribution in [2.45, 2.75) is 70.9 Å². The summed E-state index contributed by atoms with van der Waals surface area (Å²) in [6, 6.07) is 0.583. The van der Waals surface area contributed by atoms with Gasteiger partial charge < -0.3 is 10.6 Å². The number of nitrogens with one attached hydrogen (secondary N) is 2. The van der Waals surface area contributed by atoms with Gasteiger partial charge in [0.05, 0.1) is 6.04 Å². The van der Waals surface area contributed by atoms with E-state index in [-0.39, 0.29) is 11.9 Å². The predicted octanol–water partition coefficient (Wildman–Crippen LogP) is 2.46. The Morgan fingerprint density at radius 3 is 2.28 bits per heavy atom. The lowest BCUT2D eigenvalue weighted by Gasteiger charge is -2.22. The first-order valence-electron chi connectivity index (χ1n) is 7.76. The number of carbonyl (C=O) groups is 1. The van der Waals surface area contributed by atoms with Gasteiger partial charge in [-0.3, -0.25) is 4.79 Å². The third kappa shape index (κ3) is 4.27. The number of hydrogen-bond acceptors (Lipinski definition) is 2. The highest BCUT2D eigenvalue weighted by atomic mass is 16.2. The van der Waals surface area contributed by atoms with Crippen LogP contribution >= 0.6 is 0 Å². The molecule has 1 amide bonds. The summed E-state index contributed by atoms with van der Waals surface area (Å²) < 4.78 is 0. The summed E-state index contributed by atoms with van der Waals surface area (Å²) in [6.07, 6.45) is 8.95. The maximum atomic E-state index is 12.0. The third-order valence-electron chi connectivity index (χ3n) is 4.18. The molecule has 0 aromatic heterocycles. The van der Waals surface area contributed by atoms with Gasteiger partial charge in [-0.15, -0.1) is 0 Å². The molecular weight excluding hydrogens is 224 g/mol. The minimum atomic E-state index is -0.0298. The monoisotopic (exact) mass is 252 g/mol. The SMILES string of the molecule is CCCCCNC(=O)C(C)NC(C1CC1)C1CC1. The minimum Gasteiger partial charge on any atom is -0.355 e. The summed E-state index contributed by atoms with van der Waals surface area (Å²) in [5.41, 5.74) is 0. The third-order valence-corrected chi connectivity index (χ3v) is 4.18. The molecule has 3 heteroatoms. The lowest BCUT2D eigenvalue weighted by molar-refractivity contribution is -0.123. The molecule has 3 nitrogen and oxygen atoms in total. The van der Waals surface area contributed by atoms with Crippen LogP contribution in [0.1, 0.15) is 58.8 Å². The zero-order valence-electron chi connectivity index (χ0n) is 11.9. The van der Waals surface area contributed by atoms with Gasteiger partial charge in [0.1, 0.15) is 0 Å². The average Bonchev–Trinajstić information content (AvgIpc) is 3.23. The smallest absolute Gasteiger partial charge is 0.236 e. The maximum absolute atomic E-state index is 12.0. The van der Waals surface area contributed by atoms with Crippen molar-refractivity contribution in [3.8, 4) is 0 Å². The van der Waals surface area contributed by atoms with E-state index in [0.717, 1.165) is 24.8 Å². The van der Waals surface area contributed by atoms with E-state index < -0.39 is 0 Å². The van der Waals surface area contributed by atoms with Gasteiger partial charge in [0.25, 0.3) is 0 Å². The Balaban J connectivity index is 1.65. The van der Waals surface area contributed by atoms with Crippen LogP contribution < -0.4 is 10.6 Å². The molecule has 2 saturated carbocycles. The average molecular weight is 252 g/mol. The van der Waals surface area contributed by atoms with Crippen molar-refractivity contribution < 1.29 is 4.79 Å². The van der Waals surface area contributed by atoms with Crippen molar-refractivity contribution >= 4 is 5.91 Å². The molecule has 1 unspecified atom stereocenters. The molecule has 1 atom stereocenters. The van der Waals surface area contributed by atoms with Crippen molar-refractivity contribution in [1.82, 2.24) is 10.6 Å². The Hall–Kier alpha value is -0.570. The van der Waals surface area contributed by atoms with E-state index in [4.69, 9.17) is 0 Å². The molecule has 2 N–H and O–H groups in total. The zero-order chi connectivity index (χ0) is 13.0. The molecule has 0 radical (unpaired) electrons. The van der Waals surface area contributed by atoms with Gasteiger partial charge in [-0.25, -0.2) is 0 Å². The normalized spacial score (nSPS) is 21.1. The van der Waals surface area contributed by atoms with Crippen molar-refractivity contribution in [2.24, 2.45) is 11.8 Å². The summed E-state index contributed by atoms with van der Waals surface area (Å²) in [4.78, 5) is 12.0. The van der Waals surface area contributed by atoms with E-state index in [0.29, 0.717) is 6.04 Å². The summed E-state index contributed by atoms with van der Waals surface area (Å²) >= 11 is 0. The zero-order valence-corrected chi connectivity index (χ0v) is 11.9. The molecular formula is C15H28N2O. The van der Waals surface area contributed by atoms with Gasteiger partial charge in [0.15, 0.2) is 0 Å². The second kappa shape index (κ2) is 6.55. The van der Waals surface area contributed by atoms with Gasteiger partial charge in [-0.05, 0) is 50.9 Å². The van der Waals surface area contributed by atoms with Crippen molar-refractivity contribution in [3.63, 3.8) is 0 Å². The molecule has 18 heavy (non-hydrogen) atoms. The van der Waals surface area contributed by atoms with Crippen LogP contribution in [0.3, 0.4) is 0 Å². The molecule has 0 bridgehead atoms. The van der Waals surface area contributed by atoms with Crippen LogP contribution in [0.15, 0.2) is 0 Å². The fraction of sp³-hybridized carbons (Fsp3) is 0.933. The van der Waals surface area contributed by atoms with E-state index in [2.05, 4.69) is 17.6 Å². The van der Waals surface area contributed by atoms with Crippen LogP contribution in [-0.4, -0.2) is 24.5 Å². The summed E-state index contributed by atoms with van der Waals surface area (Å²) in [6.45, 7) is 5.02. The van der Waals surface area contributed by atoms with E-state index in [1.54, 1.807) is 0 Å². The first-order chi connectivity index (χ1) is 8.72. The Kier molecular flexibility index (Phi) is 5.04. The van der Waals surface area contributed by atoms with Crippen molar-refractivity contribution in [2.75, 3.05) is 6.54 Å². The largest absolute Gasteiger partial charge is 0.355 e. The Morgan fingerprint density at radius 2 is 1.78 bits per heavy atom. The van der Waals surface area contributed by atoms with Gasteiger partial charge in [0.2, 0.25) is 5.91 Å². The summed E-state index contributed by atoms with van der Waals surface area (Å²) in [7, 11) is 0. The Labute approximate surface area is 111 Å². The molecule has 0 saturated heterocycles.